The molecule has 1 saturated carbocycles. The molecule has 2 amide bonds. The van der Waals surface area contributed by atoms with E-state index < -0.39 is 5.41 Å². The number of piperidine rings is 2. The van der Waals surface area contributed by atoms with E-state index in [-0.39, 0.29) is 29.0 Å². The van der Waals surface area contributed by atoms with Crippen molar-refractivity contribution in [3.63, 3.8) is 0 Å². The third-order valence-corrected chi connectivity index (χ3v) is 8.79. The summed E-state index contributed by atoms with van der Waals surface area (Å²) in [7, 11) is 0. The van der Waals surface area contributed by atoms with Gasteiger partial charge in [-0.05, 0) is 61.3 Å². The maximum absolute atomic E-state index is 14.1. The minimum Gasteiger partial charge on any atom is -0.355 e. The molecule has 180 valence electrons. The lowest BCUT2D eigenvalue weighted by atomic mass is 9.62. The van der Waals surface area contributed by atoms with Crippen LogP contribution in [0.4, 0.5) is 4.39 Å². The number of nitrogens with zero attached hydrogens (tertiary/aromatic N) is 1. The molecule has 2 heterocycles. The summed E-state index contributed by atoms with van der Waals surface area (Å²) in [4.78, 5) is 28.6. The van der Waals surface area contributed by atoms with E-state index in [1.165, 1.54) is 24.1 Å². The molecule has 4 nitrogen and oxygen atoms in total. The molecule has 34 heavy (non-hydrogen) atoms. The third kappa shape index (κ3) is 4.14. The molecule has 2 saturated heterocycles. The van der Waals surface area contributed by atoms with Crippen LogP contribution >= 0.6 is 0 Å². The first-order chi connectivity index (χ1) is 16.4. The number of benzene rings is 2. The van der Waals surface area contributed by atoms with Crippen molar-refractivity contribution < 1.29 is 14.0 Å². The number of hydrogen-bond donors (Lipinski definition) is 1. The van der Waals surface area contributed by atoms with Gasteiger partial charge in [0.1, 0.15) is 5.82 Å². The number of carbonyl (C=O) groups excluding carboxylic acids is 2. The van der Waals surface area contributed by atoms with Crippen LogP contribution in [0.1, 0.15) is 74.0 Å². The number of likely N-dealkylation sites (tertiary alicyclic amines) is 1. The van der Waals surface area contributed by atoms with E-state index in [1.54, 1.807) is 0 Å². The second kappa shape index (κ2) is 9.16. The number of aryl methyl sites for hydroxylation is 1. The van der Waals surface area contributed by atoms with Crippen LogP contribution in [0.2, 0.25) is 0 Å². The number of nitrogens with one attached hydrogen (secondary N) is 1. The first-order valence-corrected chi connectivity index (χ1v) is 12.8. The number of hydrogen-bond acceptors (Lipinski definition) is 2. The van der Waals surface area contributed by atoms with Crippen LogP contribution < -0.4 is 5.32 Å². The van der Waals surface area contributed by atoms with Gasteiger partial charge in [0.25, 0.3) is 0 Å². The highest BCUT2D eigenvalue weighted by molar-refractivity contribution is 5.88. The van der Waals surface area contributed by atoms with Gasteiger partial charge in [-0.15, -0.1) is 0 Å². The van der Waals surface area contributed by atoms with Gasteiger partial charge in [-0.2, -0.15) is 0 Å². The number of rotatable bonds is 3. The zero-order valence-corrected chi connectivity index (χ0v) is 20.1. The minimum absolute atomic E-state index is 0.0848. The molecule has 0 bridgehead atoms. The van der Waals surface area contributed by atoms with Crippen molar-refractivity contribution in [2.75, 3.05) is 19.6 Å². The lowest BCUT2D eigenvalue weighted by Crippen LogP contribution is -2.56. The Morgan fingerprint density at radius 2 is 1.59 bits per heavy atom. The van der Waals surface area contributed by atoms with Gasteiger partial charge < -0.3 is 10.2 Å². The summed E-state index contributed by atoms with van der Waals surface area (Å²) in [6.45, 7) is 4.02. The molecule has 1 aliphatic carbocycles. The van der Waals surface area contributed by atoms with Crippen molar-refractivity contribution in [2.24, 2.45) is 5.41 Å². The number of carbonyl (C=O) groups is 2. The lowest BCUT2D eigenvalue weighted by molar-refractivity contribution is -0.142. The quantitative estimate of drug-likeness (QED) is 0.677. The zero-order chi connectivity index (χ0) is 23.8. The highest BCUT2D eigenvalue weighted by atomic mass is 19.1. The fourth-order valence-electron chi connectivity index (χ4n) is 6.74. The maximum Gasteiger partial charge on any atom is 0.233 e. The Morgan fingerprint density at radius 1 is 0.941 bits per heavy atom. The molecule has 2 aromatic carbocycles. The van der Waals surface area contributed by atoms with Crippen LogP contribution in [0.3, 0.4) is 0 Å². The Labute approximate surface area is 201 Å². The van der Waals surface area contributed by atoms with Crippen molar-refractivity contribution in [2.45, 2.75) is 69.6 Å². The van der Waals surface area contributed by atoms with Crippen LogP contribution in [0.25, 0.3) is 0 Å². The number of halogens is 1. The van der Waals surface area contributed by atoms with Crippen molar-refractivity contribution in [1.29, 1.82) is 0 Å². The van der Waals surface area contributed by atoms with Crippen LogP contribution in [-0.4, -0.2) is 36.3 Å². The van der Waals surface area contributed by atoms with Crippen molar-refractivity contribution >= 4 is 11.8 Å². The highest BCUT2D eigenvalue weighted by Gasteiger charge is 2.49. The molecule has 5 heteroatoms. The Kier molecular flexibility index (Phi) is 6.22. The van der Waals surface area contributed by atoms with Gasteiger partial charge in [0.05, 0.1) is 5.41 Å². The Bertz CT molecular complexity index is 1030. The van der Waals surface area contributed by atoms with E-state index in [0.717, 1.165) is 49.7 Å². The minimum atomic E-state index is -0.420. The Balaban J connectivity index is 1.38. The second-order valence-electron chi connectivity index (χ2n) is 10.7. The number of amides is 2. The lowest BCUT2D eigenvalue weighted by Gasteiger charge is -2.50. The van der Waals surface area contributed by atoms with Gasteiger partial charge in [-0.3, -0.25) is 9.59 Å². The average molecular weight is 463 g/mol. The first kappa shape index (κ1) is 23.1. The summed E-state index contributed by atoms with van der Waals surface area (Å²) in [5, 5.41) is 3.02. The van der Waals surface area contributed by atoms with Crippen LogP contribution in [-0.2, 0) is 15.0 Å². The normalized spacial score (nSPS) is 24.0. The molecule has 1 atom stereocenters. The summed E-state index contributed by atoms with van der Waals surface area (Å²) in [6, 6.07) is 15.3. The van der Waals surface area contributed by atoms with Gasteiger partial charge in [0.2, 0.25) is 11.8 Å². The molecule has 3 aliphatic rings. The summed E-state index contributed by atoms with van der Waals surface area (Å²) in [5.41, 5.74) is 2.84. The zero-order valence-electron chi connectivity index (χ0n) is 20.1. The molecule has 2 aliphatic heterocycles. The van der Waals surface area contributed by atoms with E-state index in [2.05, 4.69) is 41.4 Å². The summed E-state index contributed by atoms with van der Waals surface area (Å²) >= 11 is 0. The highest BCUT2D eigenvalue weighted by Crippen LogP contribution is 2.50. The summed E-state index contributed by atoms with van der Waals surface area (Å²) in [5.74, 6) is 0.252. The summed E-state index contributed by atoms with van der Waals surface area (Å²) < 4.78 is 13.6. The van der Waals surface area contributed by atoms with E-state index >= 15 is 0 Å². The first-order valence-electron chi connectivity index (χ1n) is 12.8. The molecular formula is C29H35FN2O2. The molecule has 5 rings (SSSR count). The fraction of sp³-hybridized carbons (Fsp3) is 0.517. The standard InChI is InChI=1S/C29H35FN2O2/c1-21-5-9-23(10-6-21)29(13-3-2-4-14-29)27(34)32-17-15-28(16-18-32)19-26(33)31-20-25(28)22-7-11-24(30)12-8-22/h5-12,25H,2-4,13-20H2,1H3,(H,31,33)/t25-/m0/s1. The van der Waals surface area contributed by atoms with Crippen molar-refractivity contribution in [1.82, 2.24) is 10.2 Å². The molecule has 2 aromatic rings. The predicted molar refractivity (Wildman–Crippen MR) is 131 cm³/mol. The average Bonchev–Trinajstić information content (AvgIpc) is 2.86. The maximum atomic E-state index is 14.1. The molecule has 0 unspecified atom stereocenters. The molecule has 0 aromatic heterocycles. The topological polar surface area (TPSA) is 49.4 Å². The van der Waals surface area contributed by atoms with E-state index in [4.69, 9.17) is 0 Å². The van der Waals surface area contributed by atoms with Crippen molar-refractivity contribution in [3.05, 3.63) is 71.0 Å². The van der Waals surface area contributed by atoms with Gasteiger partial charge >= 0.3 is 0 Å². The molecular weight excluding hydrogens is 427 g/mol. The van der Waals surface area contributed by atoms with Gasteiger partial charge in [0.15, 0.2) is 0 Å². The SMILES string of the molecule is Cc1ccc(C2(C(=O)N3CCC4(CC3)CC(=O)NC[C@H]4c3ccc(F)cc3)CCCCC2)cc1. The van der Waals surface area contributed by atoms with Crippen LogP contribution in [0.5, 0.6) is 0 Å². The van der Waals surface area contributed by atoms with Crippen LogP contribution in [0.15, 0.2) is 48.5 Å². The van der Waals surface area contributed by atoms with E-state index in [1.807, 2.05) is 12.1 Å². The largest absolute Gasteiger partial charge is 0.355 e. The molecule has 1 spiro atoms. The smallest absolute Gasteiger partial charge is 0.233 e. The monoisotopic (exact) mass is 462 g/mol. The van der Waals surface area contributed by atoms with E-state index in [9.17, 15) is 14.0 Å². The molecule has 1 N–H and O–H groups in total. The van der Waals surface area contributed by atoms with Crippen LogP contribution in [0, 0.1) is 18.2 Å². The van der Waals surface area contributed by atoms with Gasteiger partial charge in [0, 0.05) is 32.0 Å². The van der Waals surface area contributed by atoms with Crippen molar-refractivity contribution in [3.8, 4) is 0 Å². The Morgan fingerprint density at radius 3 is 2.24 bits per heavy atom. The van der Waals surface area contributed by atoms with E-state index in [0.29, 0.717) is 26.1 Å². The third-order valence-electron chi connectivity index (χ3n) is 8.79. The molecule has 3 fully saturated rings. The second-order valence-corrected chi connectivity index (χ2v) is 10.7. The van der Waals surface area contributed by atoms with Gasteiger partial charge in [-0.25, -0.2) is 4.39 Å². The Hall–Kier alpha value is -2.69. The molecule has 0 radical (unpaired) electrons. The fourth-order valence-corrected chi connectivity index (χ4v) is 6.74. The predicted octanol–water partition coefficient (Wildman–Crippen LogP) is 5.25. The summed E-state index contributed by atoms with van der Waals surface area (Å²) in [6.07, 6.45) is 7.28. The van der Waals surface area contributed by atoms with Gasteiger partial charge in [-0.1, -0.05) is 61.2 Å².